The van der Waals surface area contributed by atoms with Crippen LogP contribution in [0.4, 0.5) is 0 Å². The number of hydrogen-bond donors (Lipinski definition) is 0. The minimum atomic E-state index is -0.585. The Kier molecular flexibility index (Phi) is 4.01. The van der Waals surface area contributed by atoms with E-state index >= 15 is 0 Å². The van der Waals surface area contributed by atoms with E-state index in [9.17, 15) is 9.59 Å². The molecule has 1 heterocycles. The zero-order valence-electron chi connectivity index (χ0n) is 9.65. The Morgan fingerprint density at radius 3 is 2.95 bits per heavy atom. The van der Waals surface area contributed by atoms with Gasteiger partial charge in [-0.05, 0) is 28.1 Å². The number of carbonyl (C=O) groups is 1. The Hall–Kier alpha value is -1.66. The maximum Gasteiger partial charge on any atom is 0.347 e. The average Bonchev–Trinajstić information content (AvgIpc) is 2.37. The molecule has 0 aliphatic carbocycles. The van der Waals surface area contributed by atoms with Crippen LogP contribution in [-0.2, 0) is 9.53 Å². The van der Waals surface area contributed by atoms with Crippen LogP contribution in [0.25, 0.3) is 17.0 Å². The van der Waals surface area contributed by atoms with Gasteiger partial charge in [0.2, 0.25) is 5.89 Å². The first-order valence-corrected chi connectivity index (χ1v) is 6.24. The molecule has 0 aliphatic rings. The highest BCUT2D eigenvalue weighted by molar-refractivity contribution is 9.10. The van der Waals surface area contributed by atoms with Gasteiger partial charge in [-0.15, -0.1) is 0 Å². The van der Waals surface area contributed by atoms with E-state index in [1.807, 2.05) is 0 Å². The molecular formula is C12H7BrClNO4. The molecule has 1 aromatic heterocycles. The maximum absolute atomic E-state index is 11.8. The van der Waals surface area contributed by atoms with Crippen LogP contribution in [0.15, 0.2) is 31.9 Å². The normalized spacial score (nSPS) is 11.1. The summed E-state index contributed by atoms with van der Waals surface area (Å²) in [7, 11) is 1.25. The van der Waals surface area contributed by atoms with Gasteiger partial charge in [0.1, 0.15) is 0 Å². The molecule has 1 aromatic carbocycles. The van der Waals surface area contributed by atoms with Crippen molar-refractivity contribution in [1.82, 2.24) is 4.98 Å². The number of benzene rings is 1. The van der Waals surface area contributed by atoms with Gasteiger partial charge in [0, 0.05) is 21.6 Å². The molecule has 2 aromatic rings. The van der Waals surface area contributed by atoms with Crippen molar-refractivity contribution in [2.75, 3.05) is 7.11 Å². The topological polar surface area (TPSA) is 69.4 Å². The largest absolute Gasteiger partial charge is 0.466 e. The number of esters is 1. The summed E-state index contributed by atoms with van der Waals surface area (Å²) in [5.74, 6) is -0.564. The van der Waals surface area contributed by atoms with Crippen molar-refractivity contribution >= 4 is 50.5 Å². The Balaban J connectivity index is 2.59. The molecule has 98 valence electrons. The van der Waals surface area contributed by atoms with E-state index in [0.717, 1.165) is 6.08 Å². The van der Waals surface area contributed by atoms with Crippen molar-refractivity contribution in [3.05, 3.63) is 44.0 Å². The standard InChI is InChI=1S/C12H7BrClNO4/c1-18-10(16)3-2-9-15-11-7(12(17)19-9)4-6(14)5-8(11)13/h2-5H,1H3/b3-2-. The zero-order chi connectivity index (χ0) is 14.0. The van der Waals surface area contributed by atoms with Gasteiger partial charge in [-0.3, -0.25) is 0 Å². The molecule has 0 N–H and O–H groups in total. The highest BCUT2D eigenvalue weighted by Gasteiger charge is 2.09. The maximum atomic E-state index is 11.8. The number of ether oxygens (including phenoxy) is 1. The molecule has 19 heavy (non-hydrogen) atoms. The first-order valence-electron chi connectivity index (χ1n) is 5.07. The smallest absolute Gasteiger partial charge is 0.347 e. The molecule has 0 saturated heterocycles. The summed E-state index contributed by atoms with van der Waals surface area (Å²) < 4.78 is 9.95. The third-order valence-corrected chi connectivity index (χ3v) is 3.05. The Morgan fingerprint density at radius 1 is 1.53 bits per heavy atom. The van der Waals surface area contributed by atoms with Gasteiger partial charge in [0.25, 0.3) is 0 Å². The van der Waals surface area contributed by atoms with Crippen LogP contribution in [0.5, 0.6) is 0 Å². The molecule has 5 nitrogen and oxygen atoms in total. The third kappa shape index (κ3) is 3.02. The van der Waals surface area contributed by atoms with Gasteiger partial charge in [0.15, 0.2) is 0 Å². The van der Waals surface area contributed by atoms with E-state index in [0.29, 0.717) is 15.0 Å². The number of hydrogen-bond acceptors (Lipinski definition) is 5. The van der Waals surface area contributed by atoms with Crippen molar-refractivity contribution in [3.8, 4) is 0 Å². The number of methoxy groups -OCH3 is 1. The molecule has 0 radical (unpaired) electrons. The van der Waals surface area contributed by atoms with Gasteiger partial charge in [-0.25, -0.2) is 14.6 Å². The molecule has 0 atom stereocenters. The van der Waals surface area contributed by atoms with E-state index in [-0.39, 0.29) is 11.3 Å². The first-order chi connectivity index (χ1) is 9.01. The van der Waals surface area contributed by atoms with Crippen LogP contribution < -0.4 is 5.63 Å². The second-order valence-corrected chi connectivity index (χ2v) is 4.77. The first kappa shape index (κ1) is 13.8. The monoisotopic (exact) mass is 343 g/mol. The molecule has 0 saturated carbocycles. The van der Waals surface area contributed by atoms with E-state index in [1.54, 1.807) is 6.07 Å². The fourth-order valence-electron chi connectivity index (χ4n) is 1.40. The fraction of sp³-hybridized carbons (Fsp3) is 0.0833. The molecule has 2 rings (SSSR count). The molecule has 0 unspecified atom stereocenters. The Morgan fingerprint density at radius 2 is 2.26 bits per heavy atom. The quantitative estimate of drug-likeness (QED) is 0.619. The molecule has 0 amide bonds. The summed E-state index contributed by atoms with van der Waals surface area (Å²) in [5, 5.41) is 0.654. The molecular weight excluding hydrogens is 337 g/mol. The number of carbonyl (C=O) groups excluding carboxylic acids is 1. The number of aromatic nitrogens is 1. The van der Waals surface area contributed by atoms with Gasteiger partial charge in [0.05, 0.1) is 18.0 Å². The predicted octanol–water partition coefficient (Wildman–Crippen LogP) is 2.79. The Bertz CT molecular complexity index is 738. The number of rotatable bonds is 2. The average molecular weight is 345 g/mol. The zero-order valence-corrected chi connectivity index (χ0v) is 12.0. The third-order valence-electron chi connectivity index (χ3n) is 2.23. The SMILES string of the molecule is COC(=O)/C=C\c1nc2c(Br)cc(Cl)cc2c(=O)o1. The highest BCUT2D eigenvalue weighted by Crippen LogP contribution is 2.25. The number of halogens is 2. The second kappa shape index (κ2) is 5.54. The van der Waals surface area contributed by atoms with Crippen molar-refractivity contribution in [2.24, 2.45) is 0 Å². The van der Waals surface area contributed by atoms with Crippen molar-refractivity contribution in [1.29, 1.82) is 0 Å². The van der Waals surface area contributed by atoms with Crippen LogP contribution >= 0.6 is 27.5 Å². The lowest BCUT2D eigenvalue weighted by atomic mass is 10.2. The fourth-order valence-corrected chi connectivity index (χ4v) is 2.30. The summed E-state index contributed by atoms with van der Waals surface area (Å²) >= 11 is 9.11. The van der Waals surface area contributed by atoms with Crippen molar-refractivity contribution in [3.63, 3.8) is 0 Å². The van der Waals surface area contributed by atoms with Gasteiger partial charge in [-0.1, -0.05) is 11.6 Å². The predicted molar refractivity (Wildman–Crippen MR) is 74.0 cm³/mol. The number of nitrogens with zero attached hydrogens (tertiary/aromatic N) is 1. The van der Waals surface area contributed by atoms with E-state index in [4.69, 9.17) is 16.0 Å². The molecule has 0 fully saturated rings. The minimum absolute atomic E-state index is 0.00548. The van der Waals surface area contributed by atoms with Crippen molar-refractivity contribution < 1.29 is 13.9 Å². The molecule has 7 heteroatoms. The van der Waals surface area contributed by atoms with E-state index < -0.39 is 11.6 Å². The van der Waals surface area contributed by atoms with Crippen LogP contribution in [0.2, 0.25) is 5.02 Å². The summed E-state index contributed by atoms with van der Waals surface area (Å²) in [6.45, 7) is 0. The summed E-state index contributed by atoms with van der Waals surface area (Å²) in [6, 6.07) is 3.08. The van der Waals surface area contributed by atoms with E-state index in [1.165, 1.54) is 19.3 Å². The van der Waals surface area contributed by atoms with Crippen LogP contribution in [0.1, 0.15) is 5.89 Å². The summed E-state index contributed by atoms with van der Waals surface area (Å²) in [6.07, 6.45) is 2.37. The Labute approximate surface area is 121 Å². The highest BCUT2D eigenvalue weighted by atomic mass is 79.9. The van der Waals surface area contributed by atoms with Crippen LogP contribution in [-0.4, -0.2) is 18.1 Å². The summed E-state index contributed by atoms with van der Waals surface area (Å²) in [5.41, 5.74) is -0.178. The molecule has 0 aliphatic heterocycles. The van der Waals surface area contributed by atoms with Crippen molar-refractivity contribution in [2.45, 2.75) is 0 Å². The lowest BCUT2D eigenvalue weighted by molar-refractivity contribution is -0.134. The van der Waals surface area contributed by atoms with Gasteiger partial charge >= 0.3 is 11.6 Å². The van der Waals surface area contributed by atoms with E-state index in [2.05, 4.69) is 25.7 Å². The second-order valence-electron chi connectivity index (χ2n) is 3.48. The number of fused-ring (bicyclic) bond motifs is 1. The van der Waals surface area contributed by atoms with Crippen LogP contribution in [0, 0.1) is 0 Å². The molecule has 0 spiro atoms. The lowest BCUT2D eigenvalue weighted by Gasteiger charge is -2.01. The lowest BCUT2D eigenvalue weighted by Crippen LogP contribution is -2.04. The summed E-state index contributed by atoms with van der Waals surface area (Å²) in [4.78, 5) is 26.9. The van der Waals surface area contributed by atoms with Gasteiger partial charge < -0.3 is 9.15 Å². The van der Waals surface area contributed by atoms with Gasteiger partial charge in [-0.2, -0.15) is 0 Å². The van der Waals surface area contributed by atoms with Crippen LogP contribution in [0.3, 0.4) is 0 Å². The molecule has 0 bridgehead atoms. The minimum Gasteiger partial charge on any atom is -0.466 e.